The van der Waals surface area contributed by atoms with Gasteiger partial charge in [-0.25, -0.2) is 0 Å². The predicted octanol–water partition coefficient (Wildman–Crippen LogP) is 1.90. The van der Waals surface area contributed by atoms with Crippen molar-refractivity contribution in [3.05, 3.63) is 24.3 Å². The maximum atomic E-state index is 11.9. The number of nitrogens with one attached hydrogen (secondary N) is 2. The molecule has 0 atom stereocenters. The molecule has 1 aliphatic heterocycles. The van der Waals surface area contributed by atoms with Crippen molar-refractivity contribution < 1.29 is 22.8 Å². The highest BCUT2D eigenvalue weighted by Crippen LogP contribution is 2.22. The number of alkyl halides is 3. The monoisotopic (exact) mass is 315 g/mol. The Hall–Kier alpha value is -2.25. The Bertz CT molecular complexity index is 543. The summed E-state index contributed by atoms with van der Waals surface area (Å²) in [5.74, 6) is -0.664. The van der Waals surface area contributed by atoms with Crippen LogP contribution in [-0.4, -0.2) is 37.6 Å². The minimum atomic E-state index is -4.42. The number of amides is 2. The molecule has 1 aromatic carbocycles. The fourth-order valence-electron chi connectivity index (χ4n) is 2.12. The largest absolute Gasteiger partial charge is 0.405 e. The van der Waals surface area contributed by atoms with Crippen LogP contribution in [0.1, 0.15) is 12.8 Å². The van der Waals surface area contributed by atoms with E-state index in [9.17, 15) is 22.8 Å². The van der Waals surface area contributed by atoms with Gasteiger partial charge < -0.3 is 15.5 Å². The lowest BCUT2D eigenvalue weighted by molar-refractivity contribution is -0.137. The summed E-state index contributed by atoms with van der Waals surface area (Å²) in [5, 5.41) is 4.50. The standard InChI is InChI=1S/C14H16F3N3O2/c15-14(16,17)9-19-12(21)8-18-10-3-5-11(6-4-10)20-7-1-2-13(20)22/h3-6,18H,1-2,7-9H2,(H,19,21). The number of halogens is 3. The van der Waals surface area contributed by atoms with Gasteiger partial charge in [0.2, 0.25) is 11.8 Å². The molecule has 0 unspecified atom stereocenters. The van der Waals surface area contributed by atoms with Crippen molar-refractivity contribution in [2.75, 3.05) is 29.9 Å². The molecule has 120 valence electrons. The number of anilines is 2. The van der Waals surface area contributed by atoms with Crippen molar-refractivity contribution in [3.8, 4) is 0 Å². The molecular formula is C14H16F3N3O2. The molecule has 1 saturated heterocycles. The lowest BCUT2D eigenvalue weighted by atomic mass is 10.2. The smallest absolute Gasteiger partial charge is 0.376 e. The van der Waals surface area contributed by atoms with Gasteiger partial charge in [-0.15, -0.1) is 0 Å². The van der Waals surface area contributed by atoms with Crippen molar-refractivity contribution in [1.29, 1.82) is 0 Å². The van der Waals surface area contributed by atoms with Crippen LogP contribution in [0.15, 0.2) is 24.3 Å². The molecular weight excluding hydrogens is 299 g/mol. The molecule has 2 amide bonds. The summed E-state index contributed by atoms with van der Waals surface area (Å²) < 4.78 is 35.8. The van der Waals surface area contributed by atoms with E-state index in [1.807, 2.05) is 0 Å². The van der Waals surface area contributed by atoms with Crippen LogP contribution in [0.2, 0.25) is 0 Å². The minimum absolute atomic E-state index is 0.0761. The van der Waals surface area contributed by atoms with Gasteiger partial charge in [0.1, 0.15) is 6.54 Å². The highest BCUT2D eigenvalue weighted by Gasteiger charge is 2.27. The van der Waals surface area contributed by atoms with Gasteiger partial charge in [0.15, 0.2) is 0 Å². The van der Waals surface area contributed by atoms with Gasteiger partial charge in [-0.05, 0) is 30.7 Å². The lowest BCUT2D eigenvalue weighted by Crippen LogP contribution is -2.37. The van der Waals surface area contributed by atoms with Crippen molar-refractivity contribution in [1.82, 2.24) is 5.32 Å². The number of rotatable bonds is 5. The molecule has 2 rings (SSSR count). The SMILES string of the molecule is O=C(CNc1ccc(N2CCCC2=O)cc1)NCC(F)(F)F. The van der Waals surface area contributed by atoms with Crippen molar-refractivity contribution >= 4 is 23.2 Å². The van der Waals surface area contributed by atoms with E-state index >= 15 is 0 Å². The van der Waals surface area contributed by atoms with Gasteiger partial charge in [-0.1, -0.05) is 0 Å². The maximum absolute atomic E-state index is 11.9. The zero-order valence-electron chi connectivity index (χ0n) is 11.7. The third-order valence-electron chi connectivity index (χ3n) is 3.19. The molecule has 0 aliphatic carbocycles. The molecule has 0 saturated carbocycles. The Labute approximate surface area is 125 Å². The van der Waals surface area contributed by atoms with Crippen LogP contribution in [0, 0.1) is 0 Å². The van der Waals surface area contributed by atoms with Gasteiger partial charge in [0.25, 0.3) is 0 Å². The number of benzene rings is 1. The number of hydrogen-bond acceptors (Lipinski definition) is 3. The zero-order chi connectivity index (χ0) is 16.2. The minimum Gasteiger partial charge on any atom is -0.376 e. The van der Waals surface area contributed by atoms with E-state index in [1.165, 1.54) is 0 Å². The third kappa shape index (κ3) is 4.64. The third-order valence-corrected chi connectivity index (χ3v) is 3.19. The Morgan fingerprint density at radius 3 is 2.45 bits per heavy atom. The first-order valence-corrected chi connectivity index (χ1v) is 6.83. The van der Waals surface area contributed by atoms with Crippen LogP contribution in [0.25, 0.3) is 0 Å². The second-order valence-corrected chi connectivity index (χ2v) is 4.94. The lowest BCUT2D eigenvalue weighted by Gasteiger charge is -2.16. The summed E-state index contributed by atoms with van der Waals surface area (Å²) in [4.78, 5) is 24.5. The van der Waals surface area contributed by atoms with Crippen LogP contribution in [0.3, 0.4) is 0 Å². The normalized spacial score (nSPS) is 15.0. The Morgan fingerprint density at radius 1 is 1.23 bits per heavy atom. The summed E-state index contributed by atoms with van der Waals surface area (Å²) in [6, 6.07) is 6.83. The van der Waals surface area contributed by atoms with Crippen molar-refractivity contribution in [2.24, 2.45) is 0 Å². The molecule has 0 bridgehead atoms. The van der Waals surface area contributed by atoms with Gasteiger partial charge in [0, 0.05) is 24.3 Å². The Morgan fingerprint density at radius 2 is 1.91 bits per heavy atom. The Balaban J connectivity index is 1.81. The number of carbonyl (C=O) groups is 2. The summed E-state index contributed by atoms with van der Waals surface area (Å²) in [7, 11) is 0. The molecule has 22 heavy (non-hydrogen) atoms. The van der Waals surface area contributed by atoms with Gasteiger partial charge in [-0.2, -0.15) is 13.2 Å². The highest BCUT2D eigenvalue weighted by molar-refractivity contribution is 5.95. The van der Waals surface area contributed by atoms with E-state index in [-0.39, 0.29) is 12.5 Å². The molecule has 0 aromatic heterocycles. The van der Waals surface area contributed by atoms with Crippen LogP contribution in [-0.2, 0) is 9.59 Å². The fourth-order valence-corrected chi connectivity index (χ4v) is 2.12. The molecule has 1 fully saturated rings. The molecule has 0 spiro atoms. The first-order chi connectivity index (χ1) is 10.3. The van der Waals surface area contributed by atoms with E-state index in [2.05, 4.69) is 5.32 Å². The van der Waals surface area contributed by atoms with Crippen LogP contribution >= 0.6 is 0 Å². The molecule has 1 heterocycles. The van der Waals surface area contributed by atoms with E-state index in [4.69, 9.17) is 0 Å². The van der Waals surface area contributed by atoms with E-state index in [1.54, 1.807) is 34.5 Å². The maximum Gasteiger partial charge on any atom is 0.405 e. The molecule has 0 radical (unpaired) electrons. The molecule has 2 N–H and O–H groups in total. The molecule has 1 aromatic rings. The molecule has 5 nitrogen and oxygen atoms in total. The van der Waals surface area contributed by atoms with E-state index in [0.29, 0.717) is 18.7 Å². The quantitative estimate of drug-likeness (QED) is 0.872. The summed E-state index contributed by atoms with van der Waals surface area (Å²) >= 11 is 0. The zero-order valence-corrected chi connectivity index (χ0v) is 11.7. The van der Waals surface area contributed by atoms with Gasteiger partial charge >= 0.3 is 6.18 Å². The first kappa shape index (κ1) is 16.1. The van der Waals surface area contributed by atoms with Crippen molar-refractivity contribution in [3.63, 3.8) is 0 Å². The van der Waals surface area contributed by atoms with Gasteiger partial charge in [0.05, 0.1) is 6.54 Å². The number of carbonyl (C=O) groups excluding carboxylic acids is 2. The second kappa shape index (κ2) is 6.67. The average molecular weight is 315 g/mol. The number of nitrogens with zero attached hydrogens (tertiary/aromatic N) is 1. The fraction of sp³-hybridized carbons (Fsp3) is 0.429. The topological polar surface area (TPSA) is 61.4 Å². The highest BCUT2D eigenvalue weighted by atomic mass is 19.4. The van der Waals surface area contributed by atoms with E-state index in [0.717, 1.165) is 12.1 Å². The number of hydrogen-bond donors (Lipinski definition) is 2. The van der Waals surface area contributed by atoms with Gasteiger partial charge in [-0.3, -0.25) is 9.59 Å². The second-order valence-electron chi connectivity index (χ2n) is 4.94. The summed E-state index contributed by atoms with van der Waals surface area (Å²) in [5.41, 5.74) is 1.37. The Kier molecular flexibility index (Phi) is 4.89. The van der Waals surface area contributed by atoms with Crippen LogP contribution in [0.4, 0.5) is 24.5 Å². The van der Waals surface area contributed by atoms with E-state index < -0.39 is 18.6 Å². The van der Waals surface area contributed by atoms with Crippen LogP contribution in [0.5, 0.6) is 0 Å². The van der Waals surface area contributed by atoms with Crippen molar-refractivity contribution in [2.45, 2.75) is 19.0 Å². The van der Waals surface area contributed by atoms with Crippen LogP contribution < -0.4 is 15.5 Å². The summed E-state index contributed by atoms with van der Waals surface area (Å²) in [6.45, 7) is -0.910. The molecule has 1 aliphatic rings. The molecule has 8 heteroatoms. The summed E-state index contributed by atoms with van der Waals surface area (Å²) in [6.07, 6.45) is -3.04. The average Bonchev–Trinajstić information content (AvgIpc) is 2.89. The predicted molar refractivity (Wildman–Crippen MR) is 75.6 cm³/mol. The first-order valence-electron chi connectivity index (χ1n) is 6.83.